The minimum atomic E-state index is 0.829. The summed E-state index contributed by atoms with van der Waals surface area (Å²) in [6.45, 7) is 2.09. The number of halogens is 1. The summed E-state index contributed by atoms with van der Waals surface area (Å²) in [5, 5.41) is 4.01. The van der Waals surface area contributed by atoms with Crippen LogP contribution in [0.1, 0.15) is 11.3 Å². The molecule has 0 saturated carbocycles. The Labute approximate surface area is 95.9 Å². The van der Waals surface area contributed by atoms with Crippen molar-refractivity contribution in [2.45, 2.75) is 12.3 Å². The van der Waals surface area contributed by atoms with Crippen molar-refractivity contribution in [3.8, 4) is 10.6 Å². The predicted molar refractivity (Wildman–Crippen MR) is 64.9 cm³/mol. The Morgan fingerprint density at radius 1 is 1.29 bits per heavy atom. The van der Waals surface area contributed by atoms with E-state index in [1.54, 1.807) is 11.3 Å². The van der Waals surface area contributed by atoms with Crippen molar-refractivity contribution < 1.29 is 0 Å². The lowest BCUT2D eigenvalue weighted by Gasteiger charge is -1.96. The molecule has 0 unspecified atom stereocenters. The first-order valence-corrected chi connectivity index (χ1v) is 6.37. The maximum atomic E-state index is 4.50. The highest BCUT2D eigenvalue weighted by Gasteiger charge is 2.02. The predicted octanol–water partition coefficient (Wildman–Crippen LogP) is 4.01. The van der Waals surface area contributed by atoms with Crippen molar-refractivity contribution in [2.24, 2.45) is 0 Å². The molecule has 1 nitrogen and oxygen atoms in total. The maximum absolute atomic E-state index is 4.50. The molecule has 0 spiro atoms. The number of benzene rings is 1. The number of rotatable bonds is 2. The highest BCUT2D eigenvalue weighted by atomic mass is 79.9. The van der Waals surface area contributed by atoms with E-state index in [1.807, 2.05) is 0 Å². The smallest absolute Gasteiger partial charge is 0.123 e. The average Bonchev–Trinajstić information content (AvgIpc) is 2.67. The van der Waals surface area contributed by atoms with E-state index in [1.165, 1.54) is 11.1 Å². The number of alkyl halides is 1. The van der Waals surface area contributed by atoms with Crippen LogP contribution in [0.2, 0.25) is 0 Å². The highest BCUT2D eigenvalue weighted by molar-refractivity contribution is 9.08. The van der Waals surface area contributed by atoms with Crippen LogP contribution in [0, 0.1) is 6.92 Å². The maximum Gasteiger partial charge on any atom is 0.123 e. The van der Waals surface area contributed by atoms with E-state index in [-0.39, 0.29) is 0 Å². The molecular formula is C11H10BrNS. The number of aryl methyl sites for hydroxylation is 1. The zero-order valence-corrected chi connectivity index (χ0v) is 10.2. The summed E-state index contributed by atoms with van der Waals surface area (Å²) in [5.41, 5.74) is 3.59. The summed E-state index contributed by atoms with van der Waals surface area (Å²) < 4.78 is 0. The molecule has 0 N–H and O–H groups in total. The number of aromatic nitrogens is 1. The Morgan fingerprint density at radius 3 is 2.57 bits per heavy atom. The van der Waals surface area contributed by atoms with Gasteiger partial charge in [-0.1, -0.05) is 45.8 Å². The summed E-state index contributed by atoms with van der Waals surface area (Å²) in [5.74, 6) is 0. The molecule has 0 atom stereocenters. The van der Waals surface area contributed by atoms with Crippen LogP contribution in [0.3, 0.4) is 0 Å². The first-order chi connectivity index (χ1) is 6.79. The van der Waals surface area contributed by atoms with Gasteiger partial charge in [-0.15, -0.1) is 11.3 Å². The molecule has 3 heteroatoms. The van der Waals surface area contributed by atoms with Gasteiger partial charge >= 0.3 is 0 Å². The SMILES string of the molecule is Cc1ccc(-c2nc(CBr)cs2)cc1. The second-order valence-corrected chi connectivity index (χ2v) is 4.56. The van der Waals surface area contributed by atoms with Crippen molar-refractivity contribution in [3.05, 3.63) is 40.9 Å². The van der Waals surface area contributed by atoms with E-state index in [4.69, 9.17) is 0 Å². The van der Waals surface area contributed by atoms with Gasteiger partial charge in [0.15, 0.2) is 0 Å². The lowest BCUT2D eigenvalue weighted by molar-refractivity contribution is 1.25. The third-order valence-corrected chi connectivity index (χ3v) is 3.50. The summed E-state index contributed by atoms with van der Waals surface area (Å²) in [4.78, 5) is 4.50. The Morgan fingerprint density at radius 2 is 2.00 bits per heavy atom. The van der Waals surface area contributed by atoms with Crippen molar-refractivity contribution >= 4 is 27.3 Å². The molecule has 1 heterocycles. The third-order valence-electron chi connectivity index (χ3n) is 1.99. The van der Waals surface area contributed by atoms with Crippen LogP contribution < -0.4 is 0 Å². The van der Waals surface area contributed by atoms with Crippen LogP contribution in [0.5, 0.6) is 0 Å². The molecule has 72 valence electrons. The van der Waals surface area contributed by atoms with Gasteiger partial charge < -0.3 is 0 Å². The lowest BCUT2D eigenvalue weighted by atomic mass is 10.2. The normalized spacial score (nSPS) is 10.4. The van der Waals surface area contributed by atoms with E-state index in [0.29, 0.717) is 0 Å². The number of hydrogen-bond acceptors (Lipinski definition) is 2. The Kier molecular flexibility index (Phi) is 2.99. The van der Waals surface area contributed by atoms with Gasteiger partial charge in [-0.3, -0.25) is 0 Å². The second-order valence-electron chi connectivity index (χ2n) is 3.14. The second kappa shape index (κ2) is 4.24. The average molecular weight is 268 g/mol. The molecule has 0 radical (unpaired) electrons. The molecule has 14 heavy (non-hydrogen) atoms. The summed E-state index contributed by atoms with van der Waals surface area (Å²) in [6.07, 6.45) is 0. The van der Waals surface area contributed by atoms with E-state index < -0.39 is 0 Å². The van der Waals surface area contributed by atoms with Crippen LogP contribution in [-0.4, -0.2) is 4.98 Å². The molecule has 0 aliphatic carbocycles. The van der Waals surface area contributed by atoms with Gasteiger partial charge in [-0.05, 0) is 6.92 Å². The molecule has 1 aromatic carbocycles. The zero-order chi connectivity index (χ0) is 9.97. The zero-order valence-electron chi connectivity index (χ0n) is 7.83. The van der Waals surface area contributed by atoms with Crippen LogP contribution in [0.25, 0.3) is 10.6 Å². The van der Waals surface area contributed by atoms with Gasteiger partial charge in [0.1, 0.15) is 5.01 Å². The molecule has 2 rings (SSSR count). The fourth-order valence-corrected chi connectivity index (χ4v) is 2.52. The molecule has 0 aliphatic heterocycles. The number of nitrogens with zero attached hydrogens (tertiary/aromatic N) is 1. The first kappa shape index (κ1) is 9.87. The molecular weight excluding hydrogens is 258 g/mol. The van der Waals surface area contributed by atoms with Crippen molar-refractivity contribution in [1.29, 1.82) is 0 Å². The lowest BCUT2D eigenvalue weighted by Crippen LogP contribution is -1.79. The van der Waals surface area contributed by atoms with Gasteiger partial charge in [-0.2, -0.15) is 0 Å². The van der Waals surface area contributed by atoms with Gasteiger partial charge in [0.05, 0.1) is 5.69 Å². The third kappa shape index (κ3) is 2.04. The first-order valence-electron chi connectivity index (χ1n) is 4.37. The van der Waals surface area contributed by atoms with E-state index in [0.717, 1.165) is 16.0 Å². The van der Waals surface area contributed by atoms with E-state index in [9.17, 15) is 0 Å². The molecule has 1 aromatic heterocycles. The standard InChI is InChI=1S/C11H10BrNS/c1-8-2-4-9(5-3-8)11-13-10(6-12)7-14-11/h2-5,7H,6H2,1H3. The molecule has 0 aliphatic rings. The summed E-state index contributed by atoms with van der Waals surface area (Å²) in [6, 6.07) is 8.47. The van der Waals surface area contributed by atoms with Crippen LogP contribution in [0.4, 0.5) is 0 Å². The molecule has 0 fully saturated rings. The van der Waals surface area contributed by atoms with Gasteiger partial charge in [0.2, 0.25) is 0 Å². The highest BCUT2D eigenvalue weighted by Crippen LogP contribution is 2.24. The quantitative estimate of drug-likeness (QED) is 0.750. The minimum absolute atomic E-state index is 0.829. The topological polar surface area (TPSA) is 12.9 Å². The molecule has 0 amide bonds. The number of hydrogen-bond donors (Lipinski definition) is 0. The Hall–Kier alpha value is -0.670. The van der Waals surface area contributed by atoms with Crippen molar-refractivity contribution in [2.75, 3.05) is 0 Å². The van der Waals surface area contributed by atoms with Crippen LogP contribution in [-0.2, 0) is 5.33 Å². The fraction of sp³-hybridized carbons (Fsp3) is 0.182. The Balaban J connectivity index is 2.34. The minimum Gasteiger partial charge on any atom is -0.240 e. The van der Waals surface area contributed by atoms with Crippen molar-refractivity contribution in [3.63, 3.8) is 0 Å². The fourth-order valence-electron chi connectivity index (χ4n) is 1.20. The summed E-state index contributed by atoms with van der Waals surface area (Å²) in [7, 11) is 0. The van der Waals surface area contributed by atoms with Crippen molar-refractivity contribution in [1.82, 2.24) is 4.98 Å². The van der Waals surface area contributed by atoms with Gasteiger partial charge in [0, 0.05) is 16.3 Å². The van der Waals surface area contributed by atoms with Gasteiger partial charge in [0.25, 0.3) is 0 Å². The molecule has 0 saturated heterocycles. The van der Waals surface area contributed by atoms with Gasteiger partial charge in [-0.25, -0.2) is 4.98 Å². The van der Waals surface area contributed by atoms with E-state index in [2.05, 4.69) is 57.5 Å². The molecule has 0 bridgehead atoms. The largest absolute Gasteiger partial charge is 0.240 e. The van der Waals surface area contributed by atoms with E-state index >= 15 is 0 Å². The monoisotopic (exact) mass is 267 g/mol. The molecule has 2 aromatic rings. The summed E-state index contributed by atoms with van der Waals surface area (Å²) >= 11 is 5.09. The Bertz CT molecular complexity index is 419. The van der Waals surface area contributed by atoms with Crippen LogP contribution in [0.15, 0.2) is 29.6 Å². The number of thiazole rings is 1. The van der Waals surface area contributed by atoms with Crippen LogP contribution >= 0.6 is 27.3 Å².